The minimum absolute atomic E-state index is 0. The summed E-state index contributed by atoms with van der Waals surface area (Å²) in [5, 5.41) is 11.0. The van der Waals surface area contributed by atoms with Crippen molar-refractivity contribution in [1.29, 1.82) is 0 Å². The molecule has 0 unspecified atom stereocenters. The van der Waals surface area contributed by atoms with Gasteiger partial charge in [-0.25, -0.2) is 4.79 Å². The molecule has 2 aromatic rings. The molecule has 2 nitrogen and oxygen atoms in total. The van der Waals surface area contributed by atoms with Crippen LogP contribution >= 0.6 is 0 Å². The van der Waals surface area contributed by atoms with E-state index in [1.165, 1.54) is 0 Å². The molecular formula is C12H10O2Zn. The molecule has 0 aliphatic heterocycles. The molecule has 0 fully saturated rings. The second-order valence-corrected chi connectivity index (χ2v) is 3.32. The standard InChI is InChI=1S/C12H10O2.Zn/c1-8-6-10(12(13)14)7-9-4-2-3-5-11(8)9;/h2-7H,1H3,(H,13,14);. The maximum absolute atomic E-state index is 10.8. The van der Waals surface area contributed by atoms with E-state index in [9.17, 15) is 4.79 Å². The first-order valence-corrected chi connectivity index (χ1v) is 4.41. The first-order valence-electron chi connectivity index (χ1n) is 4.41. The van der Waals surface area contributed by atoms with Gasteiger partial charge in [-0.05, 0) is 35.4 Å². The van der Waals surface area contributed by atoms with Crippen molar-refractivity contribution < 1.29 is 29.4 Å². The van der Waals surface area contributed by atoms with E-state index in [1.54, 1.807) is 12.1 Å². The van der Waals surface area contributed by atoms with Crippen molar-refractivity contribution >= 4 is 16.7 Å². The molecule has 0 radical (unpaired) electrons. The quantitative estimate of drug-likeness (QED) is 0.792. The van der Waals surface area contributed by atoms with Crippen molar-refractivity contribution in [2.45, 2.75) is 6.92 Å². The minimum atomic E-state index is -0.876. The van der Waals surface area contributed by atoms with E-state index in [1.807, 2.05) is 31.2 Å². The molecule has 0 amide bonds. The van der Waals surface area contributed by atoms with Crippen LogP contribution in [0, 0.1) is 6.92 Å². The molecule has 0 bridgehead atoms. The fourth-order valence-electron chi connectivity index (χ4n) is 1.63. The van der Waals surface area contributed by atoms with Crippen LogP contribution in [0.15, 0.2) is 36.4 Å². The number of benzene rings is 2. The summed E-state index contributed by atoms with van der Waals surface area (Å²) < 4.78 is 0. The molecule has 0 saturated carbocycles. The third-order valence-electron chi connectivity index (χ3n) is 2.32. The zero-order chi connectivity index (χ0) is 10.1. The summed E-state index contributed by atoms with van der Waals surface area (Å²) in [6, 6.07) is 11.2. The Balaban J connectivity index is 0.00000112. The van der Waals surface area contributed by atoms with E-state index in [0.717, 1.165) is 16.3 Å². The van der Waals surface area contributed by atoms with Crippen LogP contribution in [-0.2, 0) is 19.5 Å². The van der Waals surface area contributed by atoms with Gasteiger partial charge in [0.25, 0.3) is 0 Å². The Morgan fingerprint density at radius 3 is 2.53 bits per heavy atom. The third kappa shape index (κ3) is 2.24. The zero-order valence-electron chi connectivity index (χ0n) is 8.53. The minimum Gasteiger partial charge on any atom is -0.478 e. The summed E-state index contributed by atoms with van der Waals surface area (Å²) in [4.78, 5) is 10.8. The molecule has 0 atom stereocenters. The van der Waals surface area contributed by atoms with Gasteiger partial charge in [0.05, 0.1) is 5.56 Å². The van der Waals surface area contributed by atoms with Crippen LogP contribution in [0.5, 0.6) is 0 Å². The second-order valence-electron chi connectivity index (χ2n) is 3.32. The Morgan fingerprint density at radius 1 is 1.20 bits per heavy atom. The van der Waals surface area contributed by atoms with Gasteiger partial charge in [-0.3, -0.25) is 0 Å². The third-order valence-corrected chi connectivity index (χ3v) is 2.32. The van der Waals surface area contributed by atoms with E-state index in [4.69, 9.17) is 5.11 Å². The number of hydrogen-bond acceptors (Lipinski definition) is 1. The fourth-order valence-corrected chi connectivity index (χ4v) is 1.63. The van der Waals surface area contributed by atoms with Gasteiger partial charge in [0.2, 0.25) is 0 Å². The second kappa shape index (κ2) is 4.54. The van der Waals surface area contributed by atoms with Crippen LogP contribution in [-0.4, -0.2) is 11.1 Å². The largest absolute Gasteiger partial charge is 0.478 e. The maximum atomic E-state index is 10.8. The molecule has 0 spiro atoms. The Kier molecular flexibility index (Phi) is 3.59. The topological polar surface area (TPSA) is 37.3 Å². The molecule has 0 aliphatic carbocycles. The summed E-state index contributed by atoms with van der Waals surface area (Å²) in [6.45, 7) is 1.93. The van der Waals surface area contributed by atoms with Gasteiger partial charge in [-0.15, -0.1) is 0 Å². The van der Waals surface area contributed by atoms with E-state index in [2.05, 4.69) is 0 Å². The molecule has 2 aromatic carbocycles. The van der Waals surface area contributed by atoms with E-state index in [0.29, 0.717) is 5.56 Å². The van der Waals surface area contributed by atoms with Gasteiger partial charge in [-0.2, -0.15) is 0 Å². The van der Waals surface area contributed by atoms with Gasteiger partial charge >= 0.3 is 5.97 Å². The van der Waals surface area contributed by atoms with Gasteiger partial charge in [0.15, 0.2) is 0 Å². The van der Waals surface area contributed by atoms with Crippen LogP contribution in [0.25, 0.3) is 10.8 Å². The maximum Gasteiger partial charge on any atom is 0.335 e. The summed E-state index contributed by atoms with van der Waals surface area (Å²) in [6.07, 6.45) is 0. The summed E-state index contributed by atoms with van der Waals surface area (Å²) in [5.74, 6) is -0.876. The molecule has 0 saturated heterocycles. The Bertz CT molecular complexity index is 506. The number of carboxylic acids is 1. The SMILES string of the molecule is Cc1cc(C(=O)O)cc2ccccc12.[Zn]. The van der Waals surface area contributed by atoms with Crippen LogP contribution in [0.3, 0.4) is 0 Å². The molecule has 1 N–H and O–H groups in total. The van der Waals surface area contributed by atoms with E-state index in [-0.39, 0.29) is 19.5 Å². The predicted octanol–water partition coefficient (Wildman–Crippen LogP) is 2.84. The van der Waals surface area contributed by atoms with Crippen molar-refractivity contribution in [3.05, 3.63) is 47.5 Å². The Hall–Kier alpha value is -1.21. The monoisotopic (exact) mass is 250 g/mol. The molecule has 15 heavy (non-hydrogen) atoms. The number of carboxylic acid groups (broad SMARTS) is 1. The Morgan fingerprint density at radius 2 is 1.87 bits per heavy atom. The molecule has 72 valence electrons. The molecule has 3 heteroatoms. The van der Waals surface area contributed by atoms with Crippen LogP contribution < -0.4 is 0 Å². The van der Waals surface area contributed by atoms with E-state index < -0.39 is 5.97 Å². The molecule has 2 rings (SSSR count). The van der Waals surface area contributed by atoms with Crippen LogP contribution in [0.1, 0.15) is 15.9 Å². The van der Waals surface area contributed by atoms with Gasteiger partial charge in [0, 0.05) is 19.5 Å². The number of hydrogen-bond donors (Lipinski definition) is 1. The number of carbonyl (C=O) groups is 1. The average Bonchev–Trinajstić information content (AvgIpc) is 2.17. The Labute approximate surface area is 101 Å². The summed E-state index contributed by atoms with van der Waals surface area (Å²) in [5.41, 5.74) is 1.35. The number of aryl methyl sites for hydroxylation is 1. The van der Waals surface area contributed by atoms with E-state index >= 15 is 0 Å². The molecular weight excluding hydrogens is 242 g/mol. The molecule has 0 aromatic heterocycles. The fraction of sp³-hybridized carbons (Fsp3) is 0.0833. The van der Waals surface area contributed by atoms with Crippen molar-refractivity contribution in [3.8, 4) is 0 Å². The predicted molar refractivity (Wildman–Crippen MR) is 55.6 cm³/mol. The molecule has 0 aliphatic rings. The van der Waals surface area contributed by atoms with Gasteiger partial charge in [-0.1, -0.05) is 24.3 Å². The smallest absolute Gasteiger partial charge is 0.335 e. The summed E-state index contributed by atoms with van der Waals surface area (Å²) in [7, 11) is 0. The van der Waals surface area contributed by atoms with Crippen molar-refractivity contribution in [2.75, 3.05) is 0 Å². The zero-order valence-corrected chi connectivity index (χ0v) is 11.5. The van der Waals surface area contributed by atoms with Gasteiger partial charge in [0.1, 0.15) is 0 Å². The van der Waals surface area contributed by atoms with Crippen LogP contribution in [0.2, 0.25) is 0 Å². The number of fused-ring (bicyclic) bond motifs is 1. The van der Waals surface area contributed by atoms with Crippen molar-refractivity contribution in [1.82, 2.24) is 0 Å². The average molecular weight is 252 g/mol. The first-order chi connectivity index (χ1) is 6.68. The summed E-state index contributed by atoms with van der Waals surface area (Å²) >= 11 is 0. The van der Waals surface area contributed by atoms with Crippen molar-refractivity contribution in [2.24, 2.45) is 0 Å². The first kappa shape index (κ1) is 11.9. The normalized spacial score (nSPS) is 9.67. The number of aromatic carboxylic acids is 1. The van der Waals surface area contributed by atoms with Crippen LogP contribution in [0.4, 0.5) is 0 Å². The van der Waals surface area contributed by atoms with Crippen molar-refractivity contribution in [3.63, 3.8) is 0 Å². The molecule has 0 heterocycles. The van der Waals surface area contributed by atoms with Gasteiger partial charge < -0.3 is 5.11 Å². The number of rotatable bonds is 1.